The van der Waals surface area contributed by atoms with Crippen LogP contribution in [0.1, 0.15) is 129 Å². The van der Waals surface area contributed by atoms with Gasteiger partial charge >= 0.3 is 75.7 Å². The Morgan fingerprint density at radius 2 is 0.629 bits per heavy atom. The molecule has 0 radical (unpaired) electrons. The van der Waals surface area contributed by atoms with Gasteiger partial charge in [0, 0.05) is 0 Å². The van der Waals surface area contributed by atoms with Gasteiger partial charge in [0.15, 0.2) is 0 Å². The first kappa shape index (κ1) is 64.4. The van der Waals surface area contributed by atoms with Crippen LogP contribution in [0.5, 0.6) is 0 Å². The summed E-state index contributed by atoms with van der Waals surface area (Å²) in [5.74, 6) is 10.7. The van der Waals surface area contributed by atoms with E-state index in [2.05, 4.69) is 136 Å². The molecule has 12 unspecified atom stereocenters. The zero-order chi connectivity index (χ0) is 41.8. The van der Waals surface area contributed by atoms with Gasteiger partial charge in [0.1, 0.15) is 0 Å². The van der Waals surface area contributed by atoms with Crippen molar-refractivity contribution in [2.75, 3.05) is 0 Å². The molecular weight excluding hydrogens is 997 g/mol. The molecule has 12 atom stereocenters. The third-order valence-electron chi connectivity index (χ3n) is 14.2. The predicted molar refractivity (Wildman–Crippen MR) is 279 cm³/mol. The van der Waals surface area contributed by atoms with Gasteiger partial charge in [-0.1, -0.05) is 149 Å². The van der Waals surface area contributed by atoms with Crippen molar-refractivity contribution >= 4 is 34.1 Å². The number of halogens is 4. The fourth-order valence-electron chi connectivity index (χ4n) is 11.2. The molecule has 0 aliphatic heterocycles. The Labute approximate surface area is 424 Å². The van der Waals surface area contributed by atoms with Gasteiger partial charge in [-0.15, -0.1) is 13.2 Å². The van der Waals surface area contributed by atoms with E-state index in [0.717, 1.165) is 71.0 Å². The van der Waals surface area contributed by atoms with Crippen LogP contribution in [-0.4, -0.2) is 0 Å². The van der Waals surface area contributed by atoms with Crippen molar-refractivity contribution in [2.24, 2.45) is 71.0 Å². The average Bonchev–Trinajstić information content (AvgIpc) is 4.07. The van der Waals surface area contributed by atoms with Crippen LogP contribution in [0.2, 0.25) is 0 Å². The van der Waals surface area contributed by atoms with Gasteiger partial charge in [0.25, 0.3) is 0 Å². The molecule has 8 aliphatic rings. The summed E-state index contributed by atoms with van der Waals surface area (Å²) in [5.41, 5.74) is 0. The second kappa shape index (κ2) is 40.4. The molecule has 6 heteroatoms. The number of allylic oxidation sites excluding steroid dienone is 18. The van der Waals surface area contributed by atoms with Crippen LogP contribution in [0.4, 0.5) is 0 Å². The third kappa shape index (κ3) is 22.9. The summed E-state index contributed by atoms with van der Waals surface area (Å²) in [5, 5.41) is 0. The number of unbranched alkanes of at least 4 members (excludes halogenated alkanes) is 2. The van der Waals surface area contributed by atoms with E-state index in [1.54, 1.807) is 0 Å². The zero-order valence-corrected chi connectivity index (χ0v) is 47.9. The quantitative estimate of drug-likeness (QED) is 0.135. The van der Waals surface area contributed by atoms with E-state index in [1.165, 1.54) is 116 Å². The Kier molecular flexibility index (Phi) is 42.0. The average molecular weight is 1090 g/mol. The summed E-state index contributed by atoms with van der Waals surface area (Å²) in [6, 6.07) is 0. The maximum atomic E-state index is 4.93. The van der Waals surface area contributed by atoms with Gasteiger partial charge in [-0.2, -0.15) is 0 Å². The molecule has 0 spiro atoms. The Balaban J connectivity index is 0. The van der Waals surface area contributed by atoms with Crippen LogP contribution in [0.25, 0.3) is 0 Å². The van der Waals surface area contributed by atoms with Gasteiger partial charge in [-0.05, 0) is 161 Å². The van der Waals surface area contributed by atoms with E-state index in [9.17, 15) is 0 Å². The number of rotatable bonds is 12. The van der Waals surface area contributed by atoms with E-state index < -0.39 is 41.7 Å². The Hall–Kier alpha value is 0.326. The van der Waals surface area contributed by atoms with Crippen LogP contribution in [0.3, 0.4) is 0 Å². The summed E-state index contributed by atoms with van der Waals surface area (Å²) >= 11 is -1.65. The first-order valence-corrected chi connectivity index (χ1v) is 35.7. The van der Waals surface area contributed by atoms with Crippen LogP contribution < -0.4 is 0 Å². The molecule has 4 fully saturated rings. The second-order valence-electron chi connectivity index (χ2n) is 17.6. The first-order chi connectivity index (χ1) is 28.5. The summed E-state index contributed by atoms with van der Waals surface area (Å²) in [7, 11) is 19.7. The molecule has 0 aromatic rings. The van der Waals surface area contributed by atoms with Crippen molar-refractivity contribution in [2.45, 2.75) is 129 Å². The van der Waals surface area contributed by atoms with Crippen molar-refractivity contribution in [3.63, 3.8) is 0 Å². The Bertz CT molecular complexity index is 1260. The summed E-state index contributed by atoms with van der Waals surface area (Å²) < 4.78 is 0. The fourth-order valence-corrected chi connectivity index (χ4v) is 11.2. The molecule has 0 saturated heterocycles. The summed E-state index contributed by atoms with van der Waals surface area (Å²) in [6.07, 6.45) is 66.1. The van der Waals surface area contributed by atoms with Crippen molar-refractivity contribution in [1.82, 2.24) is 0 Å². The Morgan fingerprint density at radius 1 is 0.403 bits per heavy atom. The molecule has 0 aromatic heterocycles. The Morgan fingerprint density at radius 3 is 0.855 bits per heavy atom. The van der Waals surface area contributed by atoms with Gasteiger partial charge in [0.05, 0.1) is 0 Å². The first-order valence-electron chi connectivity index (χ1n) is 23.0. The number of hydrogen-bond donors (Lipinski definition) is 0. The molecule has 0 aromatic carbocycles. The van der Waals surface area contributed by atoms with Crippen LogP contribution in [0, 0.1) is 101 Å². The standard InChI is InChI=1S/2C13H20.2C13H18.4CH3.4ClH.2Zr/c4*1-2-3-6-11-9-10-12-7-4-5-8-13(11)12;;;;;;;;;;/h2*4-5,7-8,11-13H,2-3,6,9-10H2,1H3;2*2,4-5,7-8,11-13H,1,3,6,9-10H2;4*1H3;4*1H;;/q;;;;4*-1;;;;;2*+4/p-4. The van der Waals surface area contributed by atoms with Gasteiger partial charge in [-0.25, -0.2) is 0 Å². The van der Waals surface area contributed by atoms with Crippen molar-refractivity contribution in [3.8, 4) is 0 Å². The molecule has 8 rings (SSSR count). The summed E-state index contributed by atoms with van der Waals surface area (Å²) in [6.45, 7) is 12.2. The molecule has 62 heavy (non-hydrogen) atoms. The maximum absolute atomic E-state index is 4.93. The monoisotopic (exact) mass is 1080 g/mol. The minimum atomic E-state index is -0.826. The van der Waals surface area contributed by atoms with Crippen molar-refractivity contribution in [3.05, 3.63) is 152 Å². The normalized spacial score (nSPS) is 30.8. The van der Waals surface area contributed by atoms with Gasteiger partial charge < -0.3 is 29.7 Å². The van der Waals surface area contributed by atoms with Crippen LogP contribution in [-0.2, 0) is 41.7 Å². The third-order valence-corrected chi connectivity index (χ3v) is 14.2. The molecule has 8 aliphatic carbocycles. The van der Waals surface area contributed by atoms with E-state index in [1.807, 2.05) is 0 Å². The molecule has 0 N–H and O–H groups in total. The van der Waals surface area contributed by atoms with Crippen molar-refractivity contribution in [1.29, 1.82) is 0 Å². The van der Waals surface area contributed by atoms with Gasteiger partial charge in [-0.3, -0.25) is 0 Å². The van der Waals surface area contributed by atoms with E-state index in [-0.39, 0.29) is 29.7 Å². The van der Waals surface area contributed by atoms with Crippen LogP contribution in [0.15, 0.2) is 123 Å². The van der Waals surface area contributed by atoms with Crippen molar-refractivity contribution < 1.29 is 41.7 Å². The number of fused-ring (bicyclic) bond motifs is 4. The molecular formula is C56H88Cl4Zr2. The predicted octanol–water partition coefficient (Wildman–Crippen LogP) is 19.9. The summed E-state index contributed by atoms with van der Waals surface area (Å²) in [4.78, 5) is 0. The molecule has 0 amide bonds. The van der Waals surface area contributed by atoms with E-state index in [0.29, 0.717) is 0 Å². The van der Waals surface area contributed by atoms with Crippen LogP contribution >= 0.6 is 34.1 Å². The second-order valence-corrected chi connectivity index (χ2v) is 25.0. The zero-order valence-electron chi connectivity index (χ0n) is 40.0. The molecule has 348 valence electrons. The molecule has 0 bridgehead atoms. The van der Waals surface area contributed by atoms with E-state index >= 15 is 0 Å². The van der Waals surface area contributed by atoms with E-state index in [4.69, 9.17) is 34.1 Å². The molecule has 0 heterocycles. The number of hydrogen-bond acceptors (Lipinski definition) is 0. The van der Waals surface area contributed by atoms with Gasteiger partial charge in [0.2, 0.25) is 0 Å². The topological polar surface area (TPSA) is 0 Å². The molecule has 0 nitrogen and oxygen atoms in total. The minimum absolute atomic E-state index is 0. The fraction of sp³-hybridized carbons (Fsp3) is 0.571. The molecule has 4 saturated carbocycles. The SMILES string of the molecule is C=CCCC1CCC2C=CC=CC21.C=CCCC1CCC2C=CC=CC21.CCCCC1CCC2C=CC=CC21.CCCCC1CCC2C=CC=CC21.[CH3-].[CH3-].[CH3-].[CH3-].[Cl][Zr+2][Cl].[Cl][Zr+2][Cl].